The van der Waals surface area contributed by atoms with Crippen LogP contribution in [0.2, 0.25) is 0 Å². The molecule has 0 spiro atoms. The van der Waals surface area contributed by atoms with E-state index in [1.54, 1.807) is 5.48 Å². The lowest BCUT2D eigenvalue weighted by atomic mass is 10.2. The first-order valence-corrected chi connectivity index (χ1v) is 6.25. The van der Waals surface area contributed by atoms with Crippen LogP contribution in [0.15, 0.2) is 42.5 Å². The van der Waals surface area contributed by atoms with Gasteiger partial charge < -0.3 is 0 Å². The molecule has 1 heterocycles. The summed E-state index contributed by atoms with van der Waals surface area (Å²) in [6, 6.07) is 12.0. The quantitative estimate of drug-likeness (QED) is 0.491. The second kappa shape index (κ2) is 6.66. The van der Waals surface area contributed by atoms with Gasteiger partial charge in [-0.3, -0.25) is 10.0 Å². The largest absolute Gasteiger partial charge is 0.289 e. The number of para-hydroxylation sites is 1. The number of unbranched alkanes of at least 4 members (excludes halogenated alkanes) is 1. The zero-order chi connectivity index (χ0) is 13.5. The number of benzene rings is 1. The van der Waals surface area contributed by atoms with Gasteiger partial charge in [-0.15, -0.1) is 0 Å². The number of carbonyl (C=O) groups excluding carboxylic acids is 1. The number of rotatable bonds is 5. The molecule has 1 aromatic carbocycles. The maximum atomic E-state index is 10.8. The van der Waals surface area contributed by atoms with E-state index in [0.29, 0.717) is 12.8 Å². The van der Waals surface area contributed by atoms with Crippen molar-refractivity contribution in [1.82, 2.24) is 10.5 Å². The first-order chi connectivity index (χ1) is 9.29. The molecule has 1 aromatic heterocycles. The van der Waals surface area contributed by atoms with Crippen LogP contribution in [-0.2, 0) is 4.79 Å². The van der Waals surface area contributed by atoms with E-state index in [0.717, 1.165) is 23.0 Å². The first kappa shape index (κ1) is 13.2. The van der Waals surface area contributed by atoms with Crippen LogP contribution < -0.4 is 5.48 Å². The molecule has 2 rings (SSSR count). The smallest absolute Gasteiger partial charge is 0.243 e. The zero-order valence-electron chi connectivity index (χ0n) is 10.5. The number of aromatic nitrogens is 1. The molecule has 4 heteroatoms. The van der Waals surface area contributed by atoms with Gasteiger partial charge in [-0.05, 0) is 31.1 Å². The minimum atomic E-state index is -0.350. The summed E-state index contributed by atoms with van der Waals surface area (Å²) >= 11 is 0. The van der Waals surface area contributed by atoms with Gasteiger partial charge in [-0.1, -0.05) is 30.3 Å². The summed E-state index contributed by atoms with van der Waals surface area (Å²) in [5.41, 5.74) is 3.50. The standard InChI is InChI=1S/C15H16N2O2/c18-15(17-19)9-3-1-2-7-13-11-10-12-6-4-5-8-14(12)16-13/h2,4-8,10-11,19H,1,3,9H2,(H,17,18). The van der Waals surface area contributed by atoms with Crippen LogP contribution in [0.4, 0.5) is 0 Å². The molecular formula is C15H16N2O2. The third-order valence-electron chi connectivity index (χ3n) is 2.81. The highest BCUT2D eigenvalue weighted by atomic mass is 16.5. The van der Waals surface area contributed by atoms with E-state index in [9.17, 15) is 4.79 Å². The van der Waals surface area contributed by atoms with Crippen molar-refractivity contribution in [3.05, 3.63) is 48.2 Å². The minimum Gasteiger partial charge on any atom is -0.289 e. The third kappa shape index (κ3) is 3.89. The average Bonchev–Trinajstić information content (AvgIpc) is 2.46. The fourth-order valence-corrected chi connectivity index (χ4v) is 1.82. The van der Waals surface area contributed by atoms with Crippen LogP contribution in [0.3, 0.4) is 0 Å². The number of amides is 1. The summed E-state index contributed by atoms with van der Waals surface area (Å²) in [5, 5.41) is 9.47. The summed E-state index contributed by atoms with van der Waals surface area (Å²) in [7, 11) is 0. The monoisotopic (exact) mass is 256 g/mol. The van der Waals surface area contributed by atoms with Crippen LogP contribution in [0, 0.1) is 0 Å². The highest BCUT2D eigenvalue weighted by molar-refractivity contribution is 5.79. The minimum absolute atomic E-state index is 0.325. The molecule has 0 fully saturated rings. The molecule has 4 nitrogen and oxygen atoms in total. The van der Waals surface area contributed by atoms with E-state index in [-0.39, 0.29) is 5.91 Å². The molecule has 0 unspecified atom stereocenters. The van der Waals surface area contributed by atoms with Crippen LogP contribution in [0.25, 0.3) is 17.0 Å². The lowest BCUT2D eigenvalue weighted by Gasteiger charge is -1.98. The summed E-state index contributed by atoms with van der Waals surface area (Å²) in [6.45, 7) is 0. The molecule has 0 aliphatic rings. The number of carbonyl (C=O) groups is 1. The Morgan fingerprint density at radius 2 is 2.11 bits per heavy atom. The van der Waals surface area contributed by atoms with Gasteiger partial charge >= 0.3 is 0 Å². The molecule has 0 bridgehead atoms. The van der Waals surface area contributed by atoms with Gasteiger partial charge in [0.2, 0.25) is 5.91 Å². The predicted molar refractivity (Wildman–Crippen MR) is 74.6 cm³/mol. The molecule has 0 aliphatic carbocycles. The molecule has 2 N–H and O–H groups in total. The summed E-state index contributed by atoms with van der Waals surface area (Å²) < 4.78 is 0. The van der Waals surface area contributed by atoms with Gasteiger partial charge in [0.15, 0.2) is 0 Å². The average molecular weight is 256 g/mol. The molecule has 0 saturated heterocycles. The van der Waals surface area contributed by atoms with Crippen molar-refractivity contribution in [1.29, 1.82) is 0 Å². The number of pyridine rings is 1. The molecule has 0 saturated carbocycles. The van der Waals surface area contributed by atoms with Gasteiger partial charge in [0.05, 0.1) is 11.2 Å². The van der Waals surface area contributed by atoms with Gasteiger partial charge in [-0.25, -0.2) is 10.5 Å². The Morgan fingerprint density at radius 3 is 2.95 bits per heavy atom. The Morgan fingerprint density at radius 1 is 1.26 bits per heavy atom. The van der Waals surface area contributed by atoms with Crippen molar-refractivity contribution in [2.45, 2.75) is 19.3 Å². The highest BCUT2D eigenvalue weighted by Crippen LogP contribution is 2.12. The second-order valence-corrected chi connectivity index (χ2v) is 4.26. The number of fused-ring (bicyclic) bond motifs is 1. The van der Waals surface area contributed by atoms with Crippen molar-refractivity contribution in [3.8, 4) is 0 Å². The maximum absolute atomic E-state index is 10.8. The van der Waals surface area contributed by atoms with Crippen LogP contribution in [-0.4, -0.2) is 16.1 Å². The number of hydrogen-bond donors (Lipinski definition) is 2. The third-order valence-corrected chi connectivity index (χ3v) is 2.81. The van der Waals surface area contributed by atoms with Gasteiger partial charge in [0, 0.05) is 11.8 Å². The lowest BCUT2D eigenvalue weighted by Crippen LogP contribution is -2.17. The Kier molecular flexibility index (Phi) is 4.64. The normalized spacial score (nSPS) is 11.0. The number of nitrogens with zero attached hydrogens (tertiary/aromatic N) is 1. The molecule has 19 heavy (non-hydrogen) atoms. The van der Waals surface area contributed by atoms with E-state index in [4.69, 9.17) is 5.21 Å². The Balaban J connectivity index is 1.92. The molecule has 0 radical (unpaired) electrons. The van der Waals surface area contributed by atoms with Gasteiger partial charge in [-0.2, -0.15) is 0 Å². The molecule has 98 valence electrons. The first-order valence-electron chi connectivity index (χ1n) is 6.25. The van der Waals surface area contributed by atoms with Crippen LogP contribution in [0.5, 0.6) is 0 Å². The fraction of sp³-hybridized carbons (Fsp3) is 0.200. The van der Waals surface area contributed by atoms with E-state index in [1.165, 1.54) is 0 Å². The fourth-order valence-electron chi connectivity index (χ4n) is 1.82. The molecule has 1 amide bonds. The van der Waals surface area contributed by atoms with Gasteiger partial charge in [0.25, 0.3) is 0 Å². The molecule has 0 atom stereocenters. The van der Waals surface area contributed by atoms with Crippen molar-refractivity contribution in [2.24, 2.45) is 0 Å². The molecule has 0 aliphatic heterocycles. The Bertz CT molecular complexity index is 593. The molecular weight excluding hydrogens is 240 g/mol. The van der Waals surface area contributed by atoms with E-state index >= 15 is 0 Å². The zero-order valence-corrected chi connectivity index (χ0v) is 10.5. The SMILES string of the molecule is O=C(CCCC=Cc1ccc2ccccc2n1)NO. The Hall–Kier alpha value is -2.20. The predicted octanol–water partition coefficient (Wildman–Crippen LogP) is 2.92. The van der Waals surface area contributed by atoms with E-state index in [2.05, 4.69) is 4.98 Å². The van der Waals surface area contributed by atoms with Crippen molar-refractivity contribution >= 4 is 22.9 Å². The van der Waals surface area contributed by atoms with Crippen molar-refractivity contribution in [3.63, 3.8) is 0 Å². The van der Waals surface area contributed by atoms with Crippen molar-refractivity contribution < 1.29 is 10.0 Å². The molecule has 2 aromatic rings. The summed E-state index contributed by atoms with van der Waals surface area (Å²) in [6.07, 6.45) is 5.75. The van der Waals surface area contributed by atoms with Crippen LogP contribution in [0.1, 0.15) is 25.0 Å². The second-order valence-electron chi connectivity index (χ2n) is 4.26. The number of allylic oxidation sites excluding steroid dienone is 1. The number of hydroxylamine groups is 1. The van der Waals surface area contributed by atoms with Crippen molar-refractivity contribution in [2.75, 3.05) is 0 Å². The number of nitrogens with one attached hydrogen (secondary N) is 1. The van der Waals surface area contributed by atoms with Gasteiger partial charge in [0.1, 0.15) is 0 Å². The Labute approximate surface area is 111 Å². The summed E-state index contributed by atoms with van der Waals surface area (Å²) in [5.74, 6) is -0.350. The van der Waals surface area contributed by atoms with Crippen LogP contribution >= 0.6 is 0 Å². The lowest BCUT2D eigenvalue weighted by molar-refractivity contribution is -0.129. The van der Waals surface area contributed by atoms with E-state index < -0.39 is 0 Å². The maximum Gasteiger partial charge on any atom is 0.243 e. The number of hydrogen-bond acceptors (Lipinski definition) is 3. The van der Waals surface area contributed by atoms with E-state index in [1.807, 2.05) is 48.6 Å². The highest BCUT2D eigenvalue weighted by Gasteiger charge is 1.97. The topological polar surface area (TPSA) is 62.2 Å². The summed E-state index contributed by atoms with van der Waals surface area (Å²) in [4.78, 5) is 15.3.